The van der Waals surface area contributed by atoms with Crippen LogP contribution in [-0.4, -0.2) is 99.7 Å². The van der Waals surface area contributed by atoms with Crippen LogP contribution in [0.5, 0.6) is 0 Å². The number of aliphatic hydroxyl groups excluding tert-OH is 1. The van der Waals surface area contributed by atoms with Crippen LogP contribution < -0.4 is 0 Å². The van der Waals surface area contributed by atoms with Crippen LogP contribution in [0.15, 0.2) is 23.6 Å². The van der Waals surface area contributed by atoms with Crippen LogP contribution in [0, 0.1) is 5.41 Å². The third-order valence-electron chi connectivity index (χ3n) is 6.40. The molecule has 1 atom stereocenters. The summed E-state index contributed by atoms with van der Waals surface area (Å²) < 4.78 is 5.51. The van der Waals surface area contributed by atoms with Crippen molar-refractivity contribution in [3.63, 3.8) is 0 Å². The van der Waals surface area contributed by atoms with E-state index in [1.165, 1.54) is 11.8 Å². The van der Waals surface area contributed by atoms with Crippen LogP contribution in [0.1, 0.15) is 32.1 Å². The normalized spacial score (nSPS) is 24.3. The second kappa shape index (κ2) is 11.8. The highest BCUT2D eigenvalue weighted by molar-refractivity contribution is 7.99. The molecule has 0 saturated carbocycles. The molecule has 1 spiro atoms. The lowest BCUT2D eigenvalue weighted by molar-refractivity contribution is -0.133. The van der Waals surface area contributed by atoms with E-state index in [1.54, 1.807) is 18.5 Å². The molecule has 3 aliphatic rings. The molecule has 1 aromatic rings. The van der Waals surface area contributed by atoms with E-state index in [0.717, 1.165) is 71.5 Å². The zero-order valence-electron chi connectivity index (χ0n) is 17.8. The van der Waals surface area contributed by atoms with Gasteiger partial charge in [-0.25, -0.2) is 9.97 Å². The lowest BCUT2D eigenvalue weighted by Crippen LogP contribution is -2.57. The Hall–Kier alpha value is -1.75. The summed E-state index contributed by atoms with van der Waals surface area (Å²) in [6.07, 6.45) is 8.07. The van der Waals surface area contributed by atoms with Gasteiger partial charge in [0.05, 0.1) is 11.9 Å². The maximum atomic E-state index is 12.6. The topological polar surface area (TPSA) is 116 Å². The molecule has 1 aromatic heterocycles. The fraction of sp³-hybridized carbons (Fsp3) is 0.714. The summed E-state index contributed by atoms with van der Waals surface area (Å²) in [4.78, 5) is 33.8. The molecule has 4 heterocycles. The Bertz CT molecular complexity index is 696. The number of aromatic nitrogens is 2. The molecule has 0 aromatic carbocycles. The zero-order chi connectivity index (χ0) is 22.1. The Morgan fingerprint density at radius 3 is 2.55 bits per heavy atom. The molecule has 9 nitrogen and oxygen atoms in total. The Morgan fingerprint density at radius 1 is 1.26 bits per heavy atom. The maximum Gasteiger partial charge on any atom is 0.290 e. The van der Waals surface area contributed by atoms with E-state index >= 15 is 0 Å². The number of thioether (sulfide) groups is 1. The van der Waals surface area contributed by atoms with Crippen LogP contribution in [0.4, 0.5) is 0 Å². The summed E-state index contributed by atoms with van der Waals surface area (Å²) in [6, 6.07) is 2.31. The van der Waals surface area contributed by atoms with Gasteiger partial charge in [0.1, 0.15) is 0 Å². The van der Waals surface area contributed by atoms with E-state index in [4.69, 9.17) is 14.6 Å². The van der Waals surface area contributed by atoms with Crippen LogP contribution in [0.2, 0.25) is 0 Å². The molecule has 3 fully saturated rings. The van der Waals surface area contributed by atoms with Gasteiger partial charge in [0, 0.05) is 57.8 Å². The second-order valence-electron chi connectivity index (χ2n) is 8.44. The highest BCUT2D eigenvalue weighted by Crippen LogP contribution is 2.41. The van der Waals surface area contributed by atoms with Crippen molar-refractivity contribution in [3.05, 3.63) is 18.5 Å². The maximum absolute atomic E-state index is 12.6. The molecule has 10 heteroatoms. The highest BCUT2D eigenvalue weighted by Gasteiger charge is 2.43. The fourth-order valence-electron chi connectivity index (χ4n) is 4.89. The van der Waals surface area contributed by atoms with Gasteiger partial charge in [0.15, 0.2) is 5.16 Å². The Kier molecular flexibility index (Phi) is 9.06. The van der Waals surface area contributed by atoms with Crippen molar-refractivity contribution >= 4 is 24.1 Å². The van der Waals surface area contributed by atoms with E-state index in [2.05, 4.69) is 14.9 Å². The van der Waals surface area contributed by atoms with Gasteiger partial charge in [0.25, 0.3) is 6.47 Å². The van der Waals surface area contributed by atoms with Crippen molar-refractivity contribution in [1.29, 1.82) is 0 Å². The Morgan fingerprint density at radius 2 is 1.90 bits per heavy atom. The first-order valence-electron chi connectivity index (χ1n) is 10.8. The standard InChI is InChI=1S/C20H30N4O3S.CH2O2/c25-17-12-20(15-24(13-17)16-2-10-27-11-3-16)4-8-23(9-5-20)18(26)14-28-19-21-6-1-7-22-19;2-1-3/h1,6-7,16-17,25H,2-5,8-15H2;1H,(H,2,3). The van der Waals surface area contributed by atoms with Gasteiger partial charge < -0.3 is 19.8 Å². The fourth-order valence-corrected chi connectivity index (χ4v) is 5.60. The molecule has 3 saturated heterocycles. The van der Waals surface area contributed by atoms with E-state index in [-0.39, 0.29) is 23.9 Å². The van der Waals surface area contributed by atoms with Gasteiger partial charge in [-0.05, 0) is 43.6 Å². The summed E-state index contributed by atoms with van der Waals surface area (Å²) in [7, 11) is 0. The molecule has 1 unspecified atom stereocenters. The van der Waals surface area contributed by atoms with Gasteiger partial charge in [-0.3, -0.25) is 14.5 Å². The Balaban J connectivity index is 0.000000858. The van der Waals surface area contributed by atoms with Crippen LogP contribution in [-0.2, 0) is 14.3 Å². The number of carbonyl (C=O) groups excluding carboxylic acids is 1. The number of carbonyl (C=O) groups is 2. The minimum atomic E-state index is -0.260. The third kappa shape index (κ3) is 6.86. The average molecular weight is 453 g/mol. The van der Waals surface area contributed by atoms with Gasteiger partial charge in [0.2, 0.25) is 5.91 Å². The number of likely N-dealkylation sites (tertiary alicyclic amines) is 2. The predicted octanol–water partition coefficient (Wildman–Crippen LogP) is 1.12. The lowest BCUT2D eigenvalue weighted by atomic mass is 9.71. The van der Waals surface area contributed by atoms with Crippen molar-refractivity contribution in [2.45, 2.75) is 49.4 Å². The molecule has 1 amide bonds. The van der Waals surface area contributed by atoms with E-state index < -0.39 is 0 Å². The molecule has 4 rings (SSSR count). The summed E-state index contributed by atoms with van der Waals surface area (Å²) in [5.41, 5.74) is 0.141. The molecule has 0 aliphatic carbocycles. The molecular formula is C21H32N4O5S. The summed E-state index contributed by atoms with van der Waals surface area (Å²) in [5.74, 6) is 0.540. The minimum Gasteiger partial charge on any atom is -0.483 e. The van der Waals surface area contributed by atoms with E-state index in [0.29, 0.717) is 17.0 Å². The van der Waals surface area contributed by atoms with Crippen molar-refractivity contribution in [2.24, 2.45) is 5.41 Å². The number of carboxylic acid groups (broad SMARTS) is 1. The highest BCUT2D eigenvalue weighted by atomic mass is 32.2. The first-order valence-corrected chi connectivity index (χ1v) is 11.8. The number of amides is 1. The van der Waals surface area contributed by atoms with Crippen molar-refractivity contribution in [2.75, 3.05) is 45.1 Å². The molecule has 0 bridgehead atoms. The van der Waals surface area contributed by atoms with E-state index in [1.807, 2.05) is 4.90 Å². The van der Waals surface area contributed by atoms with Gasteiger partial charge in [-0.1, -0.05) is 11.8 Å². The number of nitrogens with zero attached hydrogens (tertiary/aromatic N) is 4. The number of rotatable bonds is 4. The van der Waals surface area contributed by atoms with Crippen LogP contribution in [0.25, 0.3) is 0 Å². The largest absolute Gasteiger partial charge is 0.483 e. The first kappa shape index (κ1) is 23.9. The van der Waals surface area contributed by atoms with Gasteiger partial charge in [-0.15, -0.1) is 0 Å². The number of piperidine rings is 2. The van der Waals surface area contributed by atoms with Crippen molar-refractivity contribution in [3.8, 4) is 0 Å². The van der Waals surface area contributed by atoms with Crippen LogP contribution in [0.3, 0.4) is 0 Å². The molecule has 172 valence electrons. The van der Waals surface area contributed by atoms with Gasteiger partial charge >= 0.3 is 0 Å². The molecule has 31 heavy (non-hydrogen) atoms. The number of β-amino-alcohol motifs (C(OH)–C–C–N with tert-alkyl or cyclic N) is 1. The molecule has 3 aliphatic heterocycles. The quantitative estimate of drug-likeness (QED) is 0.394. The lowest BCUT2D eigenvalue weighted by Gasteiger charge is -2.51. The van der Waals surface area contributed by atoms with Gasteiger partial charge in [-0.2, -0.15) is 0 Å². The van der Waals surface area contributed by atoms with Crippen molar-refractivity contribution < 1.29 is 24.5 Å². The monoisotopic (exact) mass is 452 g/mol. The second-order valence-corrected chi connectivity index (χ2v) is 9.38. The predicted molar refractivity (Wildman–Crippen MR) is 116 cm³/mol. The number of hydrogen-bond donors (Lipinski definition) is 2. The molecule has 2 N–H and O–H groups in total. The summed E-state index contributed by atoms with van der Waals surface area (Å²) >= 11 is 1.40. The molecular weight excluding hydrogens is 420 g/mol. The average Bonchev–Trinajstić information content (AvgIpc) is 2.79. The minimum absolute atomic E-state index is 0.141. The summed E-state index contributed by atoms with van der Waals surface area (Å²) in [5, 5.41) is 18.1. The molecule has 0 radical (unpaired) electrons. The number of aliphatic hydroxyl groups is 1. The number of hydrogen-bond acceptors (Lipinski definition) is 8. The van der Waals surface area contributed by atoms with Crippen molar-refractivity contribution in [1.82, 2.24) is 19.8 Å². The smallest absolute Gasteiger partial charge is 0.290 e. The SMILES string of the molecule is O=C(CSc1ncccn1)N1CCC2(CC1)CC(O)CN(C1CCOCC1)C2.O=CO. The number of ether oxygens (including phenoxy) is 1. The first-order chi connectivity index (χ1) is 15.0. The van der Waals surface area contributed by atoms with Crippen LogP contribution >= 0.6 is 11.8 Å². The third-order valence-corrected chi connectivity index (χ3v) is 7.26. The van der Waals surface area contributed by atoms with E-state index in [9.17, 15) is 9.90 Å². The summed E-state index contributed by atoms with van der Waals surface area (Å²) in [6.45, 7) is 4.80. The zero-order valence-corrected chi connectivity index (χ0v) is 18.6. The Labute approximate surface area is 187 Å².